The molecule has 8 heteroatoms. The molecule has 0 aliphatic heterocycles. The molecule has 1 heterocycles. The summed E-state index contributed by atoms with van der Waals surface area (Å²) in [5.41, 5.74) is -0.616. The Kier molecular flexibility index (Phi) is 6.01. The maximum absolute atomic E-state index is 13.7. The van der Waals surface area contributed by atoms with Gasteiger partial charge in [-0.2, -0.15) is 0 Å². The highest BCUT2D eigenvalue weighted by atomic mass is 35.5. The third-order valence-electron chi connectivity index (χ3n) is 3.26. The zero-order valence-electron chi connectivity index (χ0n) is 13.1. The van der Waals surface area contributed by atoms with Gasteiger partial charge in [0.1, 0.15) is 17.2 Å². The van der Waals surface area contributed by atoms with Crippen molar-refractivity contribution in [2.24, 2.45) is 0 Å². The molecule has 0 atom stereocenters. The summed E-state index contributed by atoms with van der Waals surface area (Å²) in [6.45, 7) is 3.42. The van der Waals surface area contributed by atoms with Gasteiger partial charge in [-0.25, -0.2) is 9.18 Å². The number of halogens is 2. The van der Waals surface area contributed by atoms with Crippen molar-refractivity contribution in [2.45, 2.75) is 25.3 Å². The summed E-state index contributed by atoms with van der Waals surface area (Å²) in [7, 11) is 0. The Balaban J connectivity index is 2.65. The molecule has 1 N–H and O–H groups in total. The average molecular weight is 372 g/mol. The Morgan fingerprint density at radius 1 is 1.33 bits per heavy atom. The average Bonchev–Trinajstić information content (AvgIpc) is 2.54. The number of ether oxygens (including phenoxy) is 1. The first-order valence-corrected chi connectivity index (χ1v) is 8.62. The minimum atomic E-state index is -0.817. The molecule has 0 fully saturated rings. The summed E-state index contributed by atoms with van der Waals surface area (Å²) >= 11 is 6.77. The molecule has 2 rings (SSSR count). The van der Waals surface area contributed by atoms with E-state index >= 15 is 0 Å². The number of carbonyl (C=O) groups is 2. The molecule has 0 unspecified atom stereocenters. The number of nitrogens with one attached hydrogen (secondary N) is 1. The summed E-state index contributed by atoms with van der Waals surface area (Å²) in [5, 5.41) is 0.0455. The van der Waals surface area contributed by atoms with Gasteiger partial charge in [0, 0.05) is 11.8 Å². The number of hydrogen-bond donors (Lipinski definition) is 1. The molecule has 0 saturated heterocycles. The topological polar surface area (TPSA) is 76.2 Å². The van der Waals surface area contributed by atoms with Gasteiger partial charge in [-0.1, -0.05) is 30.3 Å². The van der Waals surface area contributed by atoms with Gasteiger partial charge in [-0.15, -0.1) is 0 Å². The summed E-state index contributed by atoms with van der Waals surface area (Å²) in [6, 6.07) is 2.25. The predicted octanol–water partition coefficient (Wildman–Crippen LogP) is 3.57. The van der Waals surface area contributed by atoms with E-state index in [4.69, 9.17) is 16.3 Å². The third kappa shape index (κ3) is 3.79. The van der Waals surface area contributed by atoms with Gasteiger partial charge in [0.05, 0.1) is 27.9 Å². The molecule has 0 bridgehead atoms. The Hall–Kier alpha value is -1.86. The van der Waals surface area contributed by atoms with Crippen LogP contribution in [0, 0.1) is 5.82 Å². The van der Waals surface area contributed by atoms with Crippen LogP contribution in [-0.4, -0.2) is 29.1 Å². The van der Waals surface area contributed by atoms with Gasteiger partial charge in [0.2, 0.25) is 5.43 Å². The quantitative estimate of drug-likeness (QED) is 0.620. The second kappa shape index (κ2) is 7.81. The predicted molar refractivity (Wildman–Crippen MR) is 91.5 cm³/mol. The molecule has 5 nitrogen and oxygen atoms in total. The number of Topliss-reactive ketones (excluding diaryl/α,β-unsaturated/α-hetero) is 1. The molecule has 2 aromatic rings. The first-order valence-electron chi connectivity index (χ1n) is 7.25. The highest BCUT2D eigenvalue weighted by molar-refractivity contribution is 8.00. The van der Waals surface area contributed by atoms with E-state index in [1.54, 1.807) is 13.8 Å². The fourth-order valence-corrected chi connectivity index (χ4v) is 3.19. The molecule has 0 spiro atoms. The second-order valence-corrected chi connectivity index (χ2v) is 6.26. The maximum Gasteiger partial charge on any atom is 0.344 e. The number of fused-ring (bicyclic) bond motifs is 1. The summed E-state index contributed by atoms with van der Waals surface area (Å²) < 4.78 is 18.6. The molecule has 0 aliphatic rings. The summed E-state index contributed by atoms with van der Waals surface area (Å²) in [6.07, 6.45) is 0.344. The summed E-state index contributed by atoms with van der Waals surface area (Å²) in [5.74, 6) is -1.51. The molecule has 1 aromatic heterocycles. The van der Waals surface area contributed by atoms with Crippen molar-refractivity contribution in [3.63, 3.8) is 0 Å². The Bertz CT molecular complexity index is 865. The molecule has 0 radical (unpaired) electrons. The fourth-order valence-electron chi connectivity index (χ4n) is 2.01. The number of pyridine rings is 1. The molecule has 128 valence electrons. The van der Waals surface area contributed by atoms with E-state index in [1.807, 2.05) is 0 Å². The number of benzene rings is 1. The van der Waals surface area contributed by atoms with E-state index in [9.17, 15) is 18.8 Å². The van der Waals surface area contributed by atoms with Gasteiger partial charge in [-0.3, -0.25) is 9.59 Å². The maximum atomic E-state index is 13.7. The van der Waals surface area contributed by atoms with E-state index in [2.05, 4.69) is 4.98 Å². The lowest BCUT2D eigenvalue weighted by Crippen LogP contribution is -2.21. The third-order valence-corrected chi connectivity index (χ3v) is 4.61. The van der Waals surface area contributed by atoms with Crippen LogP contribution in [0.3, 0.4) is 0 Å². The molecule has 1 aromatic carbocycles. The number of ketones is 1. The number of rotatable bonds is 6. The lowest BCUT2D eigenvalue weighted by atomic mass is 10.1. The molecule has 24 heavy (non-hydrogen) atoms. The van der Waals surface area contributed by atoms with Crippen LogP contribution < -0.4 is 5.43 Å². The monoisotopic (exact) mass is 371 g/mol. The minimum Gasteiger partial charge on any atom is -0.462 e. The SMILES string of the molecule is CCOC(=O)c1c(SCC(=O)CC)[nH]c2cc(Cl)c(F)cc2c1=O. The molecular weight excluding hydrogens is 357 g/mol. The smallest absolute Gasteiger partial charge is 0.344 e. The minimum absolute atomic E-state index is 0.00822. The van der Waals surface area contributed by atoms with E-state index in [1.165, 1.54) is 6.07 Å². The van der Waals surface area contributed by atoms with Crippen molar-refractivity contribution in [1.82, 2.24) is 4.98 Å². The van der Waals surface area contributed by atoms with Crippen LogP contribution in [0.5, 0.6) is 0 Å². The van der Waals surface area contributed by atoms with Gasteiger partial charge in [0.15, 0.2) is 0 Å². The molecule has 0 aliphatic carbocycles. The standard InChI is InChI=1S/C16H15ClFNO4S/c1-3-8(20)7-24-15-13(16(22)23-4-2)14(21)9-5-11(18)10(17)6-12(9)19-15/h5-6H,3-4,7H2,1-2H3,(H,19,21). The number of thioether (sulfide) groups is 1. The number of H-pyrrole nitrogens is 1. The lowest BCUT2D eigenvalue weighted by molar-refractivity contribution is -0.116. The van der Waals surface area contributed by atoms with Crippen LogP contribution in [-0.2, 0) is 9.53 Å². The highest BCUT2D eigenvalue weighted by Crippen LogP contribution is 2.25. The van der Waals surface area contributed by atoms with Gasteiger partial charge < -0.3 is 9.72 Å². The van der Waals surface area contributed by atoms with E-state index in [0.29, 0.717) is 6.42 Å². The van der Waals surface area contributed by atoms with Crippen LogP contribution in [0.1, 0.15) is 30.6 Å². The van der Waals surface area contributed by atoms with Gasteiger partial charge >= 0.3 is 5.97 Å². The van der Waals surface area contributed by atoms with Crippen LogP contribution in [0.2, 0.25) is 5.02 Å². The zero-order chi connectivity index (χ0) is 17.9. The van der Waals surface area contributed by atoms with Crippen molar-refractivity contribution >= 4 is 46.0 Å². The van der Waals surface area contributed by atoms with Crippen molar-refractivity contribution in [3.05, 3.63) is 38.8 Å². The number of esters is 1. The van der Waals surface area contributed by atoms with Crippen LogP contribution in [0.4, 0.5) is 4.39 Å². The Morgan fingerprint density at radius 2 is 2.04 bits per heavy atom. The first kappa shape index (κ1) is 18.5. The summed E-state index contributed by atoms with van der Waals surface area (Å²) in [4.78, 5) is 39.2. The Morgan fingerprint density at radius 3 is 2.67 bits per heavy atom. The van der Waals surface area contributed by atoms with Gasteiger partial charge in [-0.05, 0) is 19.1 Å². The van der Waals surface area contributed by atoms with Crippen molar-refractivity contribution in [3.8, 4) is 0 Å². The number of carbonyl (C=O) groups excluding carboxylic acids is 2. The largest absolute Gasteiger partial charge is 0.462 e. The lowest BCUT2D eigenvalue weighted by Gasteiger charge is -2.10. The number of hydrogen-bond acceptors (Lipinski definition) is 5. The van der Waals surface area contributed by atoms with E-state index in [-0.39, 0.29) is 44.7 Å². The van der Waals surface area contributed by atoms with Crippen LogP contribution >= 0.6 is 23.4 Å². The molecular formula is C16H15ClFNO4S. The molecule has 0 saturated carbocycles. The second-order valence-electron chi connectivity index (χ2n) is 4.87. The molecule has 0 amide bonds. The first-order chi connectivity index (χ1) is 11.4. The van der Waals surface area contributed by atoms with Crippen LogP contribution in [0.25, 0.3) is 10.9 Å². The van der Waals surface area contributed by atoms with Crippen molar-refractivity contribution in [2.75, 3.05) is 12.4 Å². The zero-order valence-corrected chi connectivity index (χ0v) is 14.6. The highest BCUT2D eigenvalue weighted by Gasteiger charge is 2.22. The van der Waals surface area contributed by atoms with Crippen molar-refractivity contribution < 1.29 is 18.7 Å². The van der Waals surface area contributed by atoms with Crippen molar-refractivity contribution in [1.29, 1.82) is 0 Å². The number of aromatic nitrogens is 1. The Labute approximate surface area is 146 Å². The number of aromatic amines is 1. The normalized spacial score (nSPS) is 10.8. The van der Waals surface area contributed by atoms with Crippen LogP contribution in [0.15, 0.2) is 22.0 Å². The fraction of sp³-hybridized carbons (Fsp3) is 0.312. The van der Waals surface area contributed by atoms with Gasteiger partial charge in [0.25, 0.3) is 0 Å². The van der Waals surface area contributed by atoms with E-state index in [0.717, 1.165) is 17.8 Å². The van der Waals surface area contributed by atoms with E-state index < -0.39 is 17.2 Å².